The predicted molar refractivity (Wildman–Crippen MR) is 120 cm³/mol. The van der Waals surface area contributed by atoms with Gasteiger partial charge in [-0.3, -0.25) is 4.79 Å². The standard InChI is InChI=1S/C21H25Cl3N2O3/c1-5-28-18-7-13(11-25-16-9-14(22)8-15(23)10-16)6-17(24)20(18)29-12-19(27)26-21(2,3)4/h6-10,25H,5,11-12H2,1-4H3,(H,26,27). The molecule has 158 valence electrons. The molecule has 0 saturated carbocycles. The third-order valence-electron chi connectivity index (χ3n) is 3.59. The minimum Gasteiger partial charge on any atom is -0.490 e. The first kappa shape index (κ1) is 23.5. The summed E-state index contributed by atoms with van der Waals surface area (Å²) in [5.74, 6) is 0.580. The van der Waals surface area contributed by atoms with E-state index in [1.54, 1.807) is 24.3 Å². The van der Waals surface area contributed by atoms with E-state index in [9.17, 15) is 4.79 Å². The minimum atomic E-state index is -0.342. The van der Waals surface area contributed by atoms with Gasteiger partial charge in [-0.2, -0.15) is 0 Å². The molecule has 0 saturated heterocycles. The van der Waals surface area contributed by atoms with Gasteiger partial charge < -0.3 is 20.1 Å². The Bertz CT molecular complexity index is 847. The van der Waals surface area contributed by atoms with Crippen molar-refractivity contribution in [2.75, 3.05) is 18.5 Å². The number of hydrogen-bond acceptors (Lipinski definition) is 4. The number of nitrogens with one attached hydrogen (secondary N) is 2. The van der Waals surface area contributed by atoms with Crippen molar-refractivity contribution in [2.24, 2.45) is 0 Å². The van der Waals surface area contributed by atoms with E-state index in [0.717, 1.165) is 11.3 Å². The average Bonchev–Trinajstić information content (AvgIpc) is 2.57. The molecule has 0 atom stereocenters. The molecule has 0 aliphatic heterocycles. The lowest BCUT2D eigenvalue weighted by atomic mass is 10.1. The van der Waals surface area contributed by atoms with Gasteiger partial charge in [-0.25, -0.2) is 0 Å². The van der Waals surface area contributed by atoms with Crippen molar-refractivity contribution in [3.8, 4) is 11.5 Å². The molecule has 0 aromatic heterocycles. The molecule has 0 unspecified atom stereocenters. The number of carbonyl (C=O) groups is 1. The SMILES string of the molecule is CCOc1cc(CNc2cc(Cl)cc(Cl)c2)cc(Cl)c1OCC(=O)NC(C)(C)C. The maximum atomic E-state index is 12.0. The van der Waals surface area contributed by atoms with E-state index in [0.29, 0.717) is 39.7 Å². The summed E-state index contributed by atoms with van der Waals surface area (Å²) >= 11 is 18.5. The Labute approximate surface area is 186 Å². The predicted octanol–water partition coefficient (Wildman–Crippen LogP) is 5.95. The van der Waals surface area contributed by atoms with Crippen LogP contribution in [0.4, 0.5) is 5.69 Å². The molecule has 2 aromatic carbocycles. The highest BCUT2D eigenvalue weighted by Gasteiger charge is 2.17. The summed E-state index contributed by atoms with van der Waals surface area (Å²) in [6, 6.07) is 8.82. The number of halogens is 3. The van der Waals surface area contributed by atoms with Crippen molar-refractivity contribution >= 4 is 46.4 Å². The van der Waals surface area contributed by atoms with Crippen LogP contribution < -0.4 is 20.1 Å². The van der Waals surface area contributed by atoms with Crippen molar-refractivity contribution in [1.29, 1.82) is 0 Å². The number of hydrogen-bond donors (Lipinski definition) is 2. The van der Waals surface area contributed by atoms with E-state index in [2.05, 4.69) is 10.6 Å². The lowest BCUT2D eigenvalue weighted by Crippen LogP contribution is -2.43. The van der Waals surface area contributed by atoms with Crippen LogP contribution in [0.1, 0.15) is 33.3 Å². The number of carbonyl (C=O) groups excluding carboxylic acids is 1. The van der Waals surface area contributed by atoms with E-state index in [1.165, 1.54) is 0 Å². The van der Waals surface area contributed by atoms with Gasteiger partial charge in [0.15, 0.2) is 18.1 Å². The van der Waals surface area contributed by atoms with Crippen LogP contribution >= 0.6 is 34.8 Å². The molecule has 0 heterocycles. The Hall–Kier alpha value is -1.82. The third-order valence-corrected chi connectivity index (χ3v) is 4.31. The first-order valence-corrected chi connectivity index (χ1v) is 10.3. The molecule has 1 amide bonds. The second kappa shape index (κ2) is 10.3. The Kier molecular flexibility index (Phi) is 8.32. The molecule has 0 aliphatic carbocycles. The number of rotatable bonds is 8. The fraction of sp³-hybridized carbons (Fsp3) is 0.381. The first-order chi connectivity index (χ1) is 13.6. The van der Waals surface area contributed by atoms with Gasteiger partial charge in [-0.05, 0) is 63.6 Å². The Morgan fingerprint density at radius 2 is 1.66 bits per heavy atom. The van der Waals surface area contributed by atoms with Crippen LogP contribution in [0, 0.1) is 0 Å². The second-order valence-electron chi connectivity index (χ2n) is 7.44. The zero-order valence-electron chi connectivity index (χ0n) is 16.9. The second-order valence-corrected chi connectivity index (χ2v) is 8.72. The zero-order valence-corrected chi connectivity index (χ0v) is 19.1. The van der Waals surface area contributed by atoms with Gasteiger partial charge >= 0.3 is 0 Å². The summed E-state index contributed by atoms with van der Waals surface area (Å²) in [4.78, 5) is 12.0. The summed E-state index contributed by atoms with van der Waals surface area (Å²) in [5.41, 5.74) is 1.32. The number of benzene rings is 2. The molecular weight excluding hydrogens is 435 g/mol. The monoisotopic (exact) mass is 458 g/mol. The van der Waals surface area contributed by atoms with Crippen LogP contribution in [0.5, 0.6) is 11.5 Å². The summed E-state index contributed by atoms with van der Waals surface area (Å²) in [6.07, 6.45) is 0. The van der Waals surface area contributed by atoms with Crippen molar-refractivity contribution in [3.05, 3.63) is 51.0 Å². The fourth-order valence-corrected chi connectivity index (χ4v) is 3.39. The lowest BCUT2D eigenvalue weighted by molar-refractivity contribution is -0.124. The van der Waals surface area contributed by atoms with Crippen LogP contribution in [-0.2, 0) is 11.3 Å². The van der Waals surface area contributed by atoms with Gasteiger partial charge in [-0.1, -0.05) is 34.8 Å². The highest BCUT2D eigenvalue weighted by molar-refractivity contribution is 6.35. The topological polar surface area (TPSA) is 59.6 Å². The summed E-state index contributed by atoms with van der Waals surface area (Å²) in [5, 5.41) is 7.54. The lowest BCUT2D eigenvalue weighted by Gasteiger charge is -2.21. The van der Waals surface area contributed by atoms with Gasteiger partial charge in [0.2, 0.25) is 0 Å². The van der Waals surface area contributed by atoms with Gasteiger partial charge in [0.1, 0.15) is 0 Å². The van der Waals surface area contributed by atoms with Gasteiger partial charge in [-0.15, -0.1) is 0 Å². The normalized spacial score (nSPS) is 11.1. The fourth-order valence-electron chi connectivity index (χ4n) is 2.58. The van der Waals surface area contributed by atoms with E-state index in [-0.39, 0.29) is 18.1 Å². The largest absolute Gasteiger partial charge is 0.490 e. The summed E-state index contributed by atoms with van der Waals surface area (Å²) in [6.45, 7) is 8.32. The molecule has 0 spiro atoms. The van der Waals surface area contributed by atoms with E-state index < -0.39 is 0 Å². The number of anilines is 1. The molecule has 5 nitrogen and oxygen atoms in total. The van der Waals surface area contributed by atoms with Gasteiger partial charge in [0.25, 0.3) is 5.91 Å². The van der Waals surface area contributed by atoms with Crippen molar-refractivity contribution in [2.45, 2.75) is 39.8 Å². The van der Waals surface area contributed by atoms with Crippen LogP contribution in [0.2, 0.25) is 15.1 Å². The van der Waals surface area contributed by atoms with Gasteiger partial charge in [0, 0.05) is 27.8 Å². The molecule has 29 heavy (non-hydrogen) atoms. The number of ether oxygens (including phenoxy) is 2. The Morgan fingerprint density at radius 3 is 2.24 bits per heavy atom. The van der Waals surface area contributed by atoms with Crippen molar-refractivity contribution < 1.29 is 14.3 Å². The summed E-state index contributed by atoms with van der Waals surface area (Å²) < 4.78 is 11.3. The van der Waals surface area contributed by atoms with Gasteiger partial charge in [0.05, 0.1) is 11.6 Å². The summed E-state index contributed by atoms with van der Waals surface area (Å²) in [7, 11) is 0. The van der Waals surface area contributed by atoms with Crippen molar-refractivity contribution in [1.82, 2.24) is 5.32 Å². The third kappa shape index (κ3) is 7.84. The Balaban J connectivity index is 2.13. The van der Waals surface area contributed by atoms with Crippen molar-refractivity contribution in [3.63, 3.8) is 0 Å². The molecule has 2 aromatic rings. The molecule has 0 radical (unpaired) electrons. The van der Waals surface area contributed by atoms with E-state index in [1.807, 2.05) is 33.8 Å². The van der Waals surface area contributed by atoms with Crippen LogP contribution in [0.15, 0.2) is 30.3 Å². The molecular formula is C21H25Cl3N2O3. The molecule has 0 aliphatic rings. The molecule has 0 fully saturated rings. The maximum absolute atomic E-state index is 12.0. The molecule has 2 rings (SSSR count). The van der Waals surface area contributed by atoms with Crippen LogP contribution in [-0.4, -0.2) is 24.7 Å². The quantitative estimate of drug-likeness (QED) is 0.512. The average molecular weight is 460 g/mol. The Morgan fingerprint density at radius 1 is 1.00 bits per heavy atom. The molecule has 2 N–H and O–H groups in total. The van der Waals surface area contributed by atoms with E-state index in [4.69, 9.17) is 44.3 Å². The van der Waals surface area contributed by atoms with E-state index >= 15 is 0 Å². The zero-order chi connectivity index (χ0) is 21.6. The minimum absolute atomic E-state index is 0.157. The molecule has 0 bridgehead atoms. The van der Waals surface area contributed by atoms with Crippen LogP contribution in [0.3, 0.4) is 0 Å². The number of amides is 1. The smallest absolute Gasteiger partial charge is 0.258 e. The highest BCUT2D eigenvalue weighted by Crippen LogP contribution is 2.37. The first-order valence-electron chi connectivity index (χ1n) is 9.16. The van der Waals surface area contributed by atoms with Crippen LogP contribution in [0.25, 0.3) is 0 Å². The highest BCUT2D eigenvalue weighted by atomic mass is 35.5. The molecule has 8 heteroatoms. The maximum Gasteiger partial charge on any atom is 0.258 e.